The van der Waals surface area contributed by atoms with Crippen molar-refractivity contribution in [2.24, 2.45) is 0 Å². The molecular formula is C15H20N2O. The number of hydrogen-bond donors (Lipinski definition) is 0. The lowest BCUT2D eigenvalue weighted by molar-refractivity contribution is -0.118. The van der Waals surface area contributed by atoms with Gasteiger partial charge < -0.3 is 9.80 Å². The summed E-state index contributed by atoms with van der Waals surface area (Å²) in [5, 5.41) is 0. The number of fused-ring (bicyclic) bond motifs is 1. The van der Waals surface area contributed by atoms with Gasteiger partial charge in [0.25, 0.3) is 0 Å². The van der Waals surface area contributed by atoms with E-state index >= 15 is 0 Å². The molecule has 1 aromatic rings. The summed E-state index contributed by atoms with van der Waals surface area (Å²) in [6, 6.07) is 6.62. The zero-order valence-electron chi connectivity index (χ0n) is 11.0. The topological polar surface area (TPSA) is 23.6 Å². The van der Waals surface area contributed by atoms with Crippen LogP contribution in [0.15, 0.2) is 18.2 Å². The first-order valence-corrected chi connectivity index (χ1v) is 6.98. The van der Waals surface area contributed by atoms with Gasteiger partial charge in [0, 0.05) is 37.4 Å². The maximum absolute atomic E-state index is 11.9. The molecule has 2 aliphatic heterocycles. The minimum absolute atomic E-state index is 0.243. The van der Waals surface area contributed by atoms with Crippen LogP contribution >= 0.6 is 0 Å². The molecule has 3 heteroatoms. The summed E-state index contributed by atoms with van der Waals surface area (Å²) in [5.41, 5.74) is 3.74. The van der Waals surface area contributed by atoms with Gasteiger partial charge in [0.15, 0.2) is 0 Å². The summed E-state index contributed by atoms with van der Waals surface area (Å²) in [6.45, 7) is 5.09. The maximum Gasteiger partial charge on any atom is 0.226 e. The normalized spacial score (nSPS) is 18.3. The number of carbonyl (C=O) groups excluding carboxylic acids is 1. The second kappa shape index (κ2) is 4.63. The van der Waals surface area contributed by atoms with E-state index in [1.807, 2.05) is 11.8 Å². The van der Waals surface area contributed by atoms with Crippen LogP contribution in [0.3, 0.4) is 0 Å². The van der Waals surface area contributed by atoms with Crippen LogP contribution in [0, 0.1) is 0 Å². The highest BCUT2D eigenvalue weighted by Crippen LogP contribution is 2.33. The van der Waals surface area contributed by atoms with Crippen molar-refractivity contribution in [1.82, 2.24) is 0 Å². The molecular weight excluding hydrogens is 224 g/mol. The SMILES string of the molecule is CCC(=O)N1CCc2ccc(N3CCCC3)cc21. The number of benzene rings is 1. The fourth-order valence-corrected chi connectivity index (χ4v) is 2.99. The van der Waals surface area contributed by atoms with Gasteiger partial charge in [-0.05, 0) is 37.0 Å². The highest BCUT2D eigenvalue weighted by molar-refractivity contribution is 5.95. The average molecular weight is 244 g/mol. The van der Waals surface area contributed by atoms with E-state index in [-0.39, 0.29) is 5.91 Å². The molecule has 1 saturated heterocycles. The highest BCUT2D eigenvalue weighted by Gasteiger charge is 2.24. The lowest BCUT2D eigenvalue weighted by Crippen LogP contribution is -2.28. The van der Waals surface area contributed by atoms with Crippen LogP contribution in [-0.4, -0.2) is 25.5 Å². The summed E-state index contributed by atoms with van der Waals surface area (Å²) in [5.74, 6) is 0.243. The monoisotopic (exact) mass is 244 g/mol. The van der Waals surface area contributed by atoms with Crippen molar-refractivity contribution in [3.05, 3.63) is 23.8 Å². The Hall–Kier alpha value is -1.51. The van der Waals surface area contributed by atoms with Gasteiger partial charge in [-0.2, -0.15) is 0 Å². The van der Waals surface area contributed by atoms with Crippen LogP contribution in [0.1, 0.15) is 31.7 Å². The molecule has 0 radical (unpaired) electrons. The molecule has 3 rings (SSSR count). The van der Waals surface area contributed by atoms with E-state index in [1.165, 1.54) is 24.1 Å². The van der Waals surface area contributed by atoms with Gasteiger partial charge in [0.05, 0.1) is 0 Å². The zero-order chi connectivity index (χ0) is 12.5. The van der Waals surface area contributed by atoms with Crippen molar-refractivity contribution < 1.29 is 4.79 Å². The molecule has 0 unspecified atom stereocenters. The van der Waals surface area contributed by atoms with E-state index in [4.69, 9.17) is 0 Å². The van der Waals surface area contributed by atoms with Crippen LogP contribution in [0.4, 0.5) is 11.4 Å². The standard InChI is InChI=1S/C15H20N2O/c1-2-15(18)17-10-7-12-5-6-13(11-14(12)17)16-8-3-4-9-16/h5-6,11H,2-4,7-10H2,1H3. The van der Waals surface area contributed by atoms with Gasteiger partial charge in [-0.15, -0.1) is 0 Å². The first kappa shape index (κ1) is 11.6. The van der Waals surface area contributed by atoms with Gasteiger partial charge >= 0.3 is 0 Å². The van der Waals surface area contributed by atoms with Crippen LogP contribution in [-0.2, 0) is 11.2 Å². The predicted octanol–water partition coefficient (Wildman–Crippen LogP) is 2.59. The number of amides is 1. The number of hydrogen-bond acceptors (Lipinski definition) is 2. The Labute approximate surface area is 108 Å². The fourth-order valence-electron chi connectivity index (χ4n) is 2.99. The van der Waals surface area contributed by atoms with Gasteiger partial charge in [0.2, 0.25) is 5.91 Å². The van der Waals surface area contributed by atoms with E-state index in [0.29, 0.717) is 6.42 Å². The number of anilines is 2. The van der Waals surface area contributed by atoms with Gasteiger partial charge in [0.1, 0.15) is 0 Å². The first-order chi connectivity index (χ1) is 8.79. The number of carbonyl (C=O) groups is 1. The molecule has 0 bridgehead atoms. The van der Waals surface area contributed by atoms with Crippen LogP contribution < -0.4 is 9.80 Å². The van der Waals surface area contributed by atoms with Crippen LogP contribution in [0.2, 0.25) is 0 Å². The Balaban J connectivity index is 1.91. The van der Waals surface area contributed by atoms with Gasteiger partial charge in [-0.1, -0.05) is 13.0 Å². The minimum Gasteiger partial charge on any atom is -0.371 e. The molecule has 3 nitrogen and oxygen atoms in total. The number of rotatable bonds is 2. The van der Waals surface area contributed by atoms with E-state index in [1.54, 1.807) is 0 Å². The van der Waals surface area contributed by atoms with E-state index in [2.05, 4.69) is 23.1 Å². The van der Waals surface area contributed by atoms with Crippen LogP contribution in [0.5, 0.6) is 0 Å². The molecule has 0 spiro atoms. The Kier molecular flexibility index (Phi) is 2.98. The Bertz CT molecular complexity index is 464. The summed E-state index contributed by atoms with van der Waals surface area (Å²) in [4.78, 5) is 16.3. The van der Waals surface area contributed by atoms with E-state index in [0.717, 1.165) is 31.7 Å². The Morgan fingerprint density at radius 2 is 2.00 bits per heavy atom. The van der Waals surface area contributed by atoms with Gasteiger partial charge in [-0.3, -0.25) is 4.79 Å². The number of nitrogens with zero attached hydrogens (tertiary/aromatic N) is 2. The Morgan fingerprint density at radius 3 is 2.72 bits per heavy atom. The molecule has 0 aromatic heterocycles. The third-order valence-electron chi connectivity index (χ3n) is 4.04. The molecule has 0 atom stereocenters. The third-order valence-corrected chi connectivity index (χ3v) is 4.04. The largest absolute Gasteiger partial charge is 0.371 e. The molecule has 1 amide bonds. The second-order valence-corrected chi connectivity index (χ2v) is 5.16. The minimum atomic E-state index is 0.243. The molecule has 1 fully saturated rings. The Morgan fingerprint density at radius 1 is 1.22 bits per heavy atom. The summed E-state index contributed by atoms with van der Waals surface area (Å²) < 4.78 is 0. The molecule has 0 saturated carbocycles. The fraction of sp³-hybridized carbons (Fsp3) is 0.533. The average Bonchev–Trinajstić information content (AvgIpc) is 3.06. The predicted molar refractivity (Wildman–Crippen MR) is 74.2 cm³/mol. The van der Waals surface area contributed by atoms with Crippen molar-refractivity contribution >= 4 is 17.3 Å². The summed E-state index contributed by atoms with van der Waals surface area (Å²) >= 11 is 0. The first-order valence-electron chi connectivity index (χ1n) is 6.98. The molecule has 0 aliphatic carbocycles. The second-order valence-electron chi connectivity index (χ2n) is 5.16. The molecule has 0 N–H and O–H groups in total. The van der Waals surface area contributed by atoms with E-state index in [9.17, 15) is 4.79 Å². The zero-order valence-corrected chi connectivity index (χ0v) is 11.0. The highest BCUT2D eigenvalue weighted by atomic mass is 16.2. The van der Waals surface area contributed by atoms with Crippen LogP contribution in [0.25, 0.3) is 0 Å². The molecule has 96 valence electrons. The lowest BCUT2D eigenvalue weighted by atomic mass is 10.1. The third kappa shape index (κ3) is 1.88. The van der Waals surface area contributed by atoms with E-state index < -0.39 is 0 Å². The summed E-state index contributed by atoms with van der Waals surface area (Å²) in [6.07, 6.45) is 4.16. The van der Waals surface area contributed by atoms with Crippen molar-refractivity contribution in [2.75, 3.05) is 29.4 Å². The van der Waals surface area contributed by atoms with Crippen molar-refractivity contribution in [2.45, 2.75) is 32.6 Å². The van der Waals surface area contributed by atoms with Crippen molar-refractivity contribution in [3.8, 4) is 0 Å². The quantitative estimate of drug-likeness (QED) is 0.798. The van der Waals surface area contributed by atoms with Gasteiger partial charge in [-0.25, -0.2) is 0 Å². The van der Waals surface area contributed by atoms with Crippen molar-refractivity contribution in [1.29, 1.82) is 0 Å². The molecule has 1 aromatic carbocycles. The molecule has 2 heterocycles. The smallest absolute Gasteiger partial charge is 0.226 e. The summed E-state index contributed by atoms with van der Waals surface area (Å²) in [7, 11) is 0. The lowest BCUT2D eigenvalue weighted by Gasteiger charge is -2.21. The maximum atomic E-state index is 11.9. The molecule has 18 heavy (non-hydrogen) atoms. The molecule has 2 aliphatic rings. The van der Waals surface area contributed by atoms with Crippen molar-refractivity contribution in [3.63, 3.8) is 0 Å².